The smallest absolute Gasteiger partial charge is 0.275 e. The number of hydrazine groups is 1. The third kappa shape index (κ3) is 2.61. The molecule has 8 heteroatoms. The van der Waals surface area contributed by atoms with Gasteiger partial charge in [0.2, 0.25) is 0 Å². The molecule has 0 aliphatic rings. The summed E-state index contributed by atoms with van der Waals surface area (Å²) < 4.78 is 1.71. The van der Waals surface area contributed by atoms with E-state index >= 15 is 0 Å². The first-order valence-electron chi connectivity index (χ1n) is 5.35. The van der Waals surface area contributed by atoms with Crippen molar-refractivity contribution in [3.63, 3.8) is 0 Å². The quantitative estimate of drug-likeness (QED) is 0.527. The van der Waals surface area contributed by atoms with Gasteiger partial charge in [0, 0.05) is 12.7 Å². The normalized spacial score (nSPS) is 10.1. The van der Waals surface area contributed by atoms with Crippen molar-refractivity contribution >= 4 is 17.4 Å². The molecule has 0 saturated carbocycles. The maximum atomic E-state index is 11.8. The maximum Gasteiger partial charge on any atom is 0.275 e. The first-order chi connectivity index (χ1) is 8.72. The highest BCUT2D eigenvalue weighted by atomic mass is 16.1. The Morgan fingerprint density at radius 3 is 2.78 bits per heavy atom. The van der Waals surface area contributed by atoms with Gasteiger partial charge in [0.05, 0.1) is 24.3 Å². The molecule has 0 radical (unpaired) electrons. The Kier molecular flexibility index (Phi) is 3.49. The van der Waals surface area contributed by atoms with Crippen LogP contribution in [0.3, 0.4) is 0 Å². The van der Waals surface area contributed by atoms with Crippen LogP contribution in [0.1, 0.15) is 17.4 Å². The summed E-state index contributed by atoms with van der Waals surface area (Å²) in [6, 6.07) is 0. The number of hydrogen-bond acceptors (Lipinski definition) is 6. The van der Waals surface area contributed by atoms with Crippen molar-refractivity contribution < 1.29 is 4.79 Å². The summed E-state index contributed by atoms with van der Waals surface area (Å²) in [6.45, 7) is 2.70. The number of carbonyl (C=O) groups is 1. The number of amides is 1. The molecule has 0 bridgehead atoms. The largest absolute Gasteiger partial charge is 0.318 e. The molecule has 0 unspecified atom stereocenters. The van der Waals surface area contributed by atoms with Crippen molar-refractivity contribution in [2.45, 2.75) is 13.5 Å². The predicted molar refractivity (Wildman–Crippen MR) is 65.7 cm³/mol. The van der Waals surface area contributed by atoms with E-state index in [2.05, 4.69) is 25.8 Å². The molecule has 4 N–H and O–H groups in total. The Morgan fingerprint density at radius 2 is 2.22 bits per heavy atom. The molecule has 1 amide bonds. The third-order valence-corrected chi connectivity index (χ3v) is 2.25. The second-order valence-electron chi connectivity index (χ2n) is 3.47. The highest BCUT2D eigenvalue weighted by Gasteiger charge is 2.09. The van der Waals surface area contributed by atoms with Gasteiger partial charge in [-0.05, 0) is 6.92 Å². The number of aromatic nitrogens is 4. The van der Waals surface area contributed by atoms with Crippen LogP contribution in [0.5, 0.6) is 0 Å². The molecular formula is C10H13N7O. The Bertz CT molecular complexity index is 533. The minimum atomic E-state index is -0.346. The van der Waals surface area contributed by atoms with Crippen LogP contribution in [0.15, 0.2) is 24.8 Å². The van der Waals surface area contributed by atoms with Gasteiger partial charge in [0.15, 0.2) is 5.82 Å². The van der Waals surface area contributed by atoms with E-state index in [0.29, 0.717) is 11.5 Å². The van der Waals surface area contributed by atoms with Gasteiger partial charge in [0.1, 0.15) is 5.69 Å². The van der Waals surface area contributed by atoms with Crippen LogP contribution in [0, 0.1) is 0 Å². The molecule has 0 saturated heterocycles. The Balaban J connectivity index is 2.06. The van der Waals surface area contributed by atoms with Crippen molar-refractivity contribution in [2.75, 3.05) is 10.7 Å². The Labute approximate surface area is 103 Å². The van der Waals surface area contributed by atoms with Crippen molar-refractivity contribution in [1.82, 2.24) is 19.7 Å². The van der Waals surface area contributed by atoms with Gasteiger partial charge in [-0.15, -0.1) is 0 Å². The summed E-state index contributed by atoms with van der Waals surface area (Å²) in [5.41, 5.74) is 3.16. The van der Waals surface area contributed by atoms with E-state index in [-0.39, 0.29) is 11.6 Å². The number of anilines is 2. The van der Waals surface area contributed by atoms with Crippen LogP contribution in [0.4, 0.5) is 11.5 Å². The molecule has 0 aliphatic carbocycles. The van der Waals surface area contributed by atoms with E-state index in [1.54, 1.807) is 17.1 Å². The predicted octanol–water partition coefficient (Wildman–Crippen LogP) is 0.231. The first-order valence-corrected chi connectivity index (χ1v) is 5.35. The van der Waals surface area contributed by atoms with Crippen molar-refractivity contribution in [1.29, 1.82) is 0 Å². The molecule has 94 valence electrons. The SMILES string of the molecule is CCn1cc(NC(=O)c2cnc(NN)cn2)cn1. The number of rotatable bonds is 4. The standard InChI is InChI=1S/C10H13N7O/c1-2-17-6-7(3-14-17)15-10(18)8-4-13-9(16-11)5-12-8/h3-6H,2,11H2,1H3,(H,13,16)(H,15,18). The summed E-state index contributed by atoms with van der Waals surface area (Å²) >= 11 is 0. The molecule has 0 aliphatic heterocycles. The maximum absolute atomic E-state index is 11.8. The number of hydrogen-bond donors (Lipinski definition) is 3. The molecule has 8 nitrogen and oxygen atoms in total. The van der Waals surface area contributed by atoms with Gasteiger partial charge in [-0.25, -0.2) is 15.8 Å². The number of carbonyl (C=O) groups excluding carboxylic acids is 1. The average Bonchev–Trinajstić information content (AvgIpc) is 2.86. The highest BCUT2D eigenvalue weighted by Crippen LogP contribution is 2.07. The number of nitrogens with zero attached hydrogens (tertiary/aromatic N) is 4. The van der Waals surface area contributed by atoms with Crippen molar-refractivity contribution in [3.8, 4) is 0 Å². The van der Waals surface area contributed by atoms with Gasteiger partial charge in [-0.1, -0.05) is 0 Å². The molecule has 2 aromatic rings. The summed E-state index contributed by atoms with van der Waals surface area (Å²) in [7, 11) is 0. The fraction of sp³-hybridized carbons (Fsp3) is 0.200. The van der Waals surface area contributed by atoms with E-state index in [0.717, 1.165) is 6.54 Å². The minimum Gasteiger partial charge on any atom is -0.318 e. The van der Waals surface area contributed by atoms with E-state index in [1.165, 1.54) is 12.4 Å². The molecule has 0 fully saturated rings. The molecular weight excluding hydrogens is 234 g/mol. The van der Waals surface area contributed by atoms with Gasteiger partial charge < -0.3 is 10.7 Å². The second-order valence-corrected chi connectivity index (χ2v) is 3.47. The number of nitrogen functional groups attached to an aromatic ring is 1. The van der Waals surface area contributed by atoms with Gasteiger partial charge in [-0.3, -0.25) is 9.48 Å². The fourth-order valence-corrected chi connectivity index (χ4v) is 1.32. The lowest BCUT2D eigenvalue weighted by Gasteiger charge is -2.02. The second kappa shape index (κ2) is 5.23. The van der Waals surface area contributed by atoms with E-state index in [1.807, 2.05) is 6.92 Å². The zero-order valence-corrected chi connectivity index (χ0v) is 9.79. The zero-order valence-electron chi connectivity index (χ0n) is 9.79. The lowest BCUT2D eigenvalue weighted by atomic mass is 10.4. The molecule has 0 spiro atoms. The van der Waals surface area contributed by atoms with Gasteiger partial charge in [-0.2, -0.15) is 5.10 Å². The molecule has 2 aromatic heterocycles. The minimum absolute atomic E-state index is 0.207. The van der Waals surface area contributed by atoms with E-state index in [9.17, 15) is 4.79 Å². The fourth-order valence-electron chi connectivity index (χ4n) is 1.32. The summed E-state index contributed by atoms with van der Waals surface area (Å²) in [5.74, 6) is 5.20. The van der Waals surface area contributed by atoms with Crippen LogP contribution in [0.2, 0.25) is 0 Å². The van der Waals surface area contributed by atoms with Gasteiger partial charge >= 0.3 is 0 Å². The van der Waals surface area contributed by atoms with Crippen LogP contribution in [-0.4, -0.2) is 25.7 Å². The monoisotopic (exact) mass is 247 g/mol. The van der Waals surface area contributed by atoms with Crippen molar-refractivity contribution in [2.24, 2.45) is 5.84 Å². The summed E-state index contributed by atoms with van der Waals surface area (Å²) in [6.07, 6.45) is 6.03. The molecule has 0 atom stereocenters. The van der Waals surface area contributed by atoms with Crippen LogP contribution in [0.25, 0.3) is 0 Å². The zero-order chi connectivity index (χ0) is 13.0. The van der Waals surface area contributed by atoms with Crippen LogP contribution < -0.4 is 16.6 Å². The lowest BCUT2D eigenvalue weighted by molar-refractivity contribution is 0.102. The number of nitrogens with two attached hydrogens (primary N) is 1. The topological polar surface area (TPSA) is 111 Å². The number of aryl methyl sites for hydroxylation is 1. The highest BCUT2D eigenvalue weighted by molar-refractivity contribution is 6.02. The Morgan fingerprint density at radius 1 is 1.39 bits per heavy atom. The molecule has 0 aromatic carbocycles. The van der Waals surface area contributed by atoms with E-state index < -0.39 is 0 Å². The van der Waals surface area contributed by atoms with E-state index in [4.69, 9.17) is 5.84 Å². The Hall–Kier alpha value is -2.48. The lowest BCUT2D eigenvalue weighted by Crippen LogP contribution is -2.15. The summed E-state index contributed by atoms with van der Waals surface area (Å²) in [5, 5.41) is 6.72. The van der Waals surface area contributed by atoms with Crippen LogP contribution >= 0.6 is 0 Å². The molecule has 18 heavy (non-hydrogen) atoms. The average molecular weight is 247 g/mol. The van der Waals surface area contributed by atoms with Crippen LogP contribution in [-0.2, 0) is 6.54 Å². The molecule has 2 rings (SSSR count). The summed E-state index contributed by atoms with van der Waals surface area (Å²) in [4.78, 5) is 19.6. The third-order valence-electron chi connectivity index (χ3n) is 2.25. The first kappa shape index (κ1) is 12.0. The van der Waals surface area contributed by atoms with Gasteiger partial charge in [0.25, 0.3) is 5.91 Å². The molecule has 2 heterocycles. The number of nitrogens with one attached hydrogen (secondary N) is 2. The van der Waals surface area contributed by atoms with Crippen molar-refractivity contribution in [3.05, 3.63) is 30.5 Å².